The van der Waals surface area contributed by atoms with Crippen LogP contribution in [0.25, 0.3) is 0 Å². The molecule has 15 heavy (non-hydrogen) atoms. The lowest BCUT2D eigenvalue weighted by Gasteiger charge is -2.05. The smallest absolute Gasteiger partial charge is 0.211 e. The van der Waals surface area contributed by atoms with Crippen molar-refractivity contribution in [2.24, 2.45) is 0 Å². The van der Waals surface area contributed by atoms with Crippen LogP contribution in [0.1, 0.15) is 32.1 Å². The molecule has 4 nitrogen and oxygen atoms in total. The minimum absolute atomic E-state index is 0.153. The van der Waals surface area contributed by atoms with Crippen molar-refractivity contribution >= 4 is 21.6 Å². The molecule has 0 aliphatic rings. The predicted molar refractivity (Wildman–Crippen MR) is 62.7 cm³/mol. The highest BCUT2D eigenvalue weighted by Crippen LogP contribution is 1.98. The number of rotatable bonds is 10. The third kappa shape index (κ3) is 10.4. The summed E-state index contributed by atoms with van der Waals surface area (Å²) in [7, 11) is -3.11. The van der Waals surface area contributed by atoms with E-state index >= 15 is 0 Å². The number of hydrogen-bond acceptors (Lipinski definition) is 3. The number of nitrogens with one attached hydrogen (secondary N) is 1. The molecule has 0 aromatic rings. The van der Waals surface area contributed by atoms with Crippen molar-refractivity contribution in [3.63, 3.8) is 0 Å². The van der Waals surface area contributed by atoms with Crippen LogP contribution in [0.5, 0.6) is 0 Å². The van der Waals surface area contributed by atoms with Crippen LogP contribution >= 0.6 is 11.6 Å². The zero-order valence-electron chi connectivity index (χ0n) is 8.91. The SMILES string of the molecule is O=S(=O)(CCCCCl)NCCCCCO. The maximum atomic E-state index is 11.3. The molecule has 0 amide bonds. The molecule has 0 saturated carbocycles. The molecule has 2 N–H and O–H groups in total. The van der Waals surface area contributed by atoms with Gasteiger partial charge in [-0.15, -0.1) is 11.6 Å². The van der Waals surface area contributed by atoms with E-state index in [1.807, 2.05) is 0 Å². The zero-order valence-corrected chi connectivity index (χ0v) is 10.5. The van der Waals surface area contributed by atoms with E-state index in [1.165, 1.54) is 0 Å². The largest absolute Gasteiger partial charge is 0.396 e. The van der Waals surface area contributed by atoms with E-state index in [0.29, 0.717) is 18.8 Å². The van der Waals surface area contributed by atoms with Gasteiger partial charge in [0.05, 0.1) is 5.75 Å². The maximum absolute atomic E-state index is 11.3. The van der Waals surface area contributed by atoms with Crippen LogP contribution in [0.3, 0.4) is 0 Å². The Labute approximate surface area is 97.1 Å². The first kappa shape index (κ1) is 15.2. The van der Waals surface area contributed by atoms with Gasteiger partial charge in [0, 0.05) is 19.0 Å². The Morgan fingerprint density at radius 2 is 1.80 bits per heavy atom. The van der Waals surface area contributed by atoms with Crippen molar-refractivity contribution in [3.05, 3.63) is 0 Å². The summed E-state index contributed by atoms with van der Waals surface area (Å²) in [6.07, 6.45) is 3.69. The molecule has 0 heterocycles. The summed E-state index contributed by atoms with van der Waals surface area (Å²) in [5.41, 5.74) is 0. The molecular formula is C9H20ClNO3S. The van der Waals surface area contributed by atoms with Crippen LogP contribution in [0.15, 0.2) is 0 Å². The lowest BCUT2D eigenvalue weighted by molar-refractivity contribution is 0.283. The standard InChI is InChI=1S/C9H20ClNO3S/c10-6-2-5-9-15(13,14)11-7-3-1-4-8-12/h11-12H,1-9H2. The van der Waals surface area contributed by atoms with E-state index in [4.69, 9.17) is 16.7 Å². The third-order valence-corrected chi connectivity index (χ3v) is 3.69. The molecular weight excluding hydrogens is 238 g/mol. The summed E-state index contributed by atoms with van der Waals surface area (Å²) in [6.45, 7) is 0.631. The number of hydrogen-bond donors (Lipinski definition) is 2. The number of aliphatic hydroxyl groups excluding tert-OH is 1. The van der Waals surface area contributed by atoms with E-state index in [2.05, 4.69) is 4.72 Å². The highest BCUT2D eigenvalue weighted by molar-refractivity contribution is 7.89. The van der Waals surface area contributed by atoms with E-state index in [-0.39, 0.29) is 12.4 Å². The van der Waals surface area contributed by atoms with Crippen LogP contribution in [0, 0.1) is 0 Å². The number of aliphatic hydroxyl groups is 1. The first-order chi connectivity index (χ1) is 7.12. The quantitative estimate of drug-likeness (QED) is 0.455. The monoisotopic (exact) mass is 257 g/mol. The van der Waals surface area contributed by atoms with Gasteiger partial charge in [0.2, 0.25) is 10.0 Å². The molecule has 0 atom stereocenters. The van der Waals surface area contributed by atoms with Gasteiger partial charge in [-0.2, -0.15) is 0 Å². The Bertz CT molecular complexity index is 232. The van der Waals surface area contributed by atoms with Gasteiger partial charge in [-0.25, -0.2) is 13.1 Å². The summed E-state index contributed by atoms with van der Waals surface area (Å²) in [5.74, 6) is 0.658. The van der Waals surface area contributed by atoms with E-state index in [9.17, 15) is 8.42 Å². The number of sulfonamides is 1. The minimum Gasteiger partial charge on any atom is -0.396 e. The molecule has 0 spiro atoms. The first-order valence-corrected chi connectivity index (χ1v) is 7.45. The first-order valence-electron chi connectivity index (χ1n) is 5.26. The summed E-state index contributed by atoms with van der Waals surface area (Å²) in [6, 6.07) is 0. The Hall–Kier alpha value is 0.160. The van der Waals surface area contributed by atoms with Gasteiger partial charge in [0.25, 0.3) is 0 Å². The molecule has 0 aromatic carbocycles. The van der Waals surface area contributed by atoms with Crippen molar-refractivity contribution in [2.45, 2.75) is 32.1 Å². The zero-order chi connectivity index (χ0) is 11.6. The van der Waals surface area contributed by atoms with E-state index in [0.717, 1.165) is 25.7 Å². The molecule has 0 rings (SSSR count). The Morgan fingerprint density at radius 3 is 2.40 bits per heavy atom. The lowest BCUT2D eigenvalue weighted by Crippen LogP contribution is -2.27. The molecule has 0 aromatic heterocycles. The predicted octanol–water partition coefficient (Wildman–Crippen LogP) is 1.09. The average molecular weight is 258 g/mol. The van der Waals surface area contributed by atoms with Crippen LogP contribution in [-0.4, -0.2) is 38.3 Å². The summed E-state index contributed by atoms with van der Waals surface area (Å²) in [5, 5.41) is 8.52. The second-order valence-corrected chi connectivity index (χ2v) is 5.70. The molecule has 0 radical (unpaired) electrons. The molecule has 6 heteroatoms. The fourth-order valence-electron chi connectivity index (χ4n) is 1.10. The van der Waals surface area contributed by atoms with Crippen molar-refractivity contribution in [1.82, 2.24) is 4.72 Å². The van der Waals surface area contributed by atoms with Gasteiger partial charge in [-0.1, -0.05) is 0 Å². The van der Waals surface area contributed by atoms with Crippen LogP contribution in [-0.2, 0) is 10.0 Å². The second kappa shape index (κ2) is 9.39. The van der Waals surface area contributed by atoms with E-state index < -0.39 is 10.0 Å². The minimum atomic E-state index is -3.11. The van der Waals surface area contributed by atoms with Gasteiger partial charge < -0.3 is 5.11 Å². The molecule has 0 aliphatic heterocycles. The van der Waals surface area contributed by atoms with Gasteiger partial charge in [0.1, 0.15) is 0 Å². The molecule has 0 saturated heterocycles. The van der Waals surface area contributed by atoms with Gasteiger partial charge in [-0.3, -0.25) is 0 Å². The van der Waals surface area contributed by atoms with Crippen molar-refractivity contribution in [2.75, 3.05) is 24.8 Å². The van der Waals surface area contributed by atoms with Gasteiger partial charge in [0.15, 0.2) is 0 Å². The van der Waals surface area contributed by atoms with Gasteiger partial charge >= 0.3 is 0 Å². The van der Waals surface area contributed by atoms with Crippen molar-refractivity contribution < 1.29 is 13.5 Å². The number of alkyl halides is 1. The number of halogens is 1. The fraction of sp³-hybridized carbons (Fsp3) is 1.00. The molecule has 92 valence electrons. The summed E-state index contributed by atoms with van der Waals surface area (Å²) >= 11 is 5.45. The number of unbranched alkanes of at least 4 members (excludes halogenated alkanes) is 3. The average Bonchev–Trinajstić information content (AvgIpc) is 2.17. The Balaban J connectivity index is 3.47. The maximum Gasteiger partial charge on any atom is 0.211 e. The Morgan fingerprint density at radius 1 is 1.07 bits per heavy atom. The molecule has 0 aliphatic carbocycles. The molecule has 0 unspecified atom stereocenters. The van der Waals surface area contributed by atoms with Crippen LogP contribution < -0.4 is 4.72 Å². The normalized spacial score (nSPS) is 11.9. The topological polar surface area (TPSA) is 66.4 Å². The summed E-state index contributed by atoms with van der Waals surface area (Å²) < 4.78 is 25.2. The van der Waals surface area contributed by atoms with E-state index in [1.54, 1.807) is 0 Å². The van der Waals surface area contributed by atoms with Crippen LogP contribution in [0.4, 0.5) is 0 Å². The van der Waals surface area contributed by atoms with Crippen LogP contribution in [0.2, 0.25) is 0 Å². The van der Waals surface area contributed by atoms with Crippen molar-refractivity contribution in [3.8, 4) is 0 Å². The lowest BCUT2D eigenvalue weighted by atomic mass is 10.2. The highest BCUT2D eigenvalue weighted by Gasteiger charge is 2.07. The fourth-order valence-corrected chi connectivity index (χ4v) is 2.47. The highest BCUT2D eigenvalue weighted by atomic mass is 35.5. The summed E-state index contributed by atoms with van der Waals surface area (Å²) in [4.78, 5) is 0. The Kier molecular flexibility index (Phi) is 9.49. The molecule has 0 bridgehead atoms. The molecule has 0 fully saturated rings. The van der Waals surface area contributed by atoms with Gasteiger partial charge in [-0.05, 0) is 32.1 Å². The van der Waals surface area contributed by atoms with Crippen molar-refractivity contribution in [1.29, 1.82) is 0 Å². The second-order valence-electron chi connectivity index (χ2n) is 3.39. The third-order valence-electron chi connectivity index (χ3n) is 1.95.